The van der Waals surface area contributed by atoms with Crippen LogP contribution >= 0.6 is 0 Å². The topological polar surface area (TPSA) is 49.4 Å². The van der Waals surface area contributed by atoms with Gasteiger partial charge in [-0.05, 0) is 13.0 Å². The van der Waals surface area contributed by atoms with Gasteiger partial charge in [-0.25, -0.2) is 0 Å². The van der Waals surface area contributed by atoms with E-state index in [1.54, 1.807) is 17.9 Å². The minimum atomic E-state index is -0.0148. The molecule has 0 spiro atoms. The zero-order valence-electron chi connectivity index (χ0n) is 7.75. The predicted octanol–water partition coefficient (Wildman–Crippen LogP) is -0.0890. The van der Waals surface area contributed by atoms with E-state index >= 15 is 0 Å². The number of nitrogens with one attached hydrogen (secondary N) is 1. The molecule has 13 heavy (non-hydrogen) atoms. The van der Waals surface area contributed by atoms with E-state index in [-0.39, 0.29) is 11.8 Å². The highest BCUT2D eigenvalue weighted by Crippen LogP contribution is 1.97. The average molecular weight is 182 g/mol. The highest BCUT2D eigenvalue weighted by atomic mass is 16.2. The van der Waals surface area contributed by atoms with Crippen molar-refractivity contribution in [3.63, 3.8) is 0 Å². The molecule has 0 radical (unpaired) electrons. The molecule has 0 aromatic heterocycles. The second kappa shape index (κ2) is 4.64. The van der Waals surface area contributed by atoms with Gasteiger partial charge in [0.25, 0.3) is 0 Å². The highest BCUT2D eigenvalue weighted by molar-refractivity contribution is 5.88. The van der Waals surface area contributed by atoms with Gasteiger partial charge in [0.1, 0.15) is 0 Å². The summed E-state index contributed by atoms with van der Waals surface area (Å²) in [7, 11) is 0. The van der Waals surface area contributed by atoms with Crippen molar-refractivity contribution in [1.29, 1.82) is 0 Å². The lowest BCUT2D eigenvalue weighted by molar-refractivity contribution is -0.126. The molecule has 0 aliphatic carbocycles. The number of rotatable bonds is 1. The molecule has 0 unspecified atom stereocenters. The Balaban J connectivity index is 2.50. The summed E-state index contributed by atoms with van der Waals surface area (Å²) in [4.78, 5) is 24.0. The fourth-order valence-electron chi connectivity index (χ4n) is 1.24. The second-order valence-corrected chi connectivity index (χ2v) is 2.93. The van der Waals surface area contributed by atoms with E-state index in [0.717, 1.165) is 0 Å². The summed E-state index contributed by atoms with van der Waals surface area (Å²) >= 11 is 0. The summed E-state index contributed by atoms with van der Waals surface area (Å²) in [6.45, 7) is 3.49. The van der Waals surface area contributed by atoms with Gasteiger partial charge < -0.3 is 10.2 Å². The molecule has 2 amide bonds. The molecule has 1 aliphatic heterocycles. The molecular formula is C9H14N2O2. The van der Waals surface area contributed by atoms with E-state index in [0.29, 0.717) is 26.1 Å². The van der Waals surface area contributed by atoms with Crippen LogP contribution in [-0.4, -0.2) is 36.3 Å². The minimum absolute atomic E-state index is 0.0148. The standard InChI is InChI=1S/C9H14N2O2/c1-2-3-9(13)11-6-4-8(12)10-5-7-11/h2-3H,4-7H2,1H3,(H,10,12). The molecule has 72 valence electrons. The number of hydrogen-bond donors (Lipinski definition) is 1. The van der Waals surface area contributed by atoms with E-state index in [1.807, 2.05) is 0 Å². The Morgan fingerprint density at radius 3 is 3.00 bits per heavy atom. The molecule has 0 saturated carbocycles. The third-order valence-corrected chi connectivity index (χ3v) is 1.93. The summed E-state index contributed by atoms with van der Waals surface area (Å²) in [6, 6.07) is 0. The summed E-state index contributed by atoms with van der Waals surface area (Å²) in [5.41, 5.74) is 0. The van der Waals surface area contributed by atoms with Crippen LogP contribution in [0.4, 0.5) is 0 Å². The first kappa shape index (κ1) is 9.77. The average Bonchev–Trinajstić information content (AvgIpc) is 2.30. The normalized spacial score (nSPS) is 18.5. The Morgan fingerprint density at radius 1 is 1.54 bits per heavy atom. The van der Waals surface area contributed by atoms with Crippen LogP contribution in [0.1, 0.15) is 13.3 Å². The van der Waals surface area contributed by atoms with Gasteiger partial charge in [0.05, 0.1) is 0 Å². The molecule has 4 heteroatoms. The van der Waals surface area contributed by atoms with Crippen LogP contribution in [0, 0.1) is 0 Å². The van der Waals surface area contributed by atoms with Gasteiger partial charge in [0, 0.05) is 26.1 Å². The number of allylic oxidation sites excluding steroid dienone is 1. The van der Waals surface area contributed by atoms with E-state index < -0.39 is 0 Å². The third-order valence-electron chi connectivity index (χ3n) is 1.93. The largest absolute Gasteiger partial charge is 0.354 e. The van der Waals surface area contributed by atoms with Gasteiger partial charge in [0.15, 0.2) is 0 Å². The summed E-state index contributed by atoms with van der Waals surface area (Å²) < 4.78 is 0. The number of carbonyl (C=O) groups excluding carboxylic acids is 2. The van der Waals surface area contributed by atoms with Crippen molar-refractivity contribution in [2.75, 3.05) is 19.6 Å². The number of amides is 2. The van der Waals surface area contributed by atoms with Gasteiger partial charge in [-0.1, -0.05) is 6.08 Å². The molecule has 0 aromatic rings. The van der Waals surface area contributed by atoms with Crippen molar-refractivity contribution in [2.24, 2.45) is 0 Å². The first-order chi connectivity index (χ1) is 6.24. The highest BCUT2D eigenvalue weighted by Gasteiger charge is 2.15. The molecule has 1 saturated heterocycles. The Labute approximate surface area is 77.6 Å². The molecule has 1 rings (SSSR count). The Morgan fingerprint density at radius 2 is 2.31 bits per heavy atom. The molecule has 0 aromatic carbocycles. The lowest BCUT2D eigenvalue weighted by atomic mass is 10.3. The zero-order valence-corrected chi connectivity index (χ0v) is 7.75. The van der Waals surface area contributed by atoms with Crippen LogP contribution in [-0.2, 0) is 9.59 Å². The smallest absolute Gasteiger partial charge is 0.246 e. The number of nitrogens with zero attached hydrogens (tertiary/aromatic N) is 1. The molecule has 1 N–H and O–H groups in total. The lowest BCUT2D eigenvalue weighted by Crippen LogP contribution is -2.32. The van der Waals surface area contributed by atoms with Crippen molar-refractivity contribution in [2.45, 2.75) is 13.3 Å². The summed E-state index contributed by atoms with van der Waals surface area (Å²) in [5.74, 6) is 0.00905. The maximum atomic E-state index is 11.4. The Hall–Kier alpha value is -1.32. The van der Waals surface area contributed by atoms with Gasteiger partial charge in [0.2, 0.25) is 11.8 Å². The maximum absolute atomic E-state index is 11.4. The first-order valence-corrected chi connectivity index (χ1v) is 4.42. The quantitative estimate of drug-likeness (QED) is 0.576. The van der Waals surface area contributed by atoms with E-state index in [4.69, 9.17) is 0 Å². The van der Waals surface area contributed by atoms with Gasteiger partial charge in [-0.3, -0.25) is 9.59 Å². The van der Waals surface area contributed by atoms with Crippen molar-refractivity contribution in [3.8, 4) is 0 Å². The van der Waals surface area contributed by atoms with Crippen LogP contribution in [0.2, 0.25) is 0 Å². The van der Waals surface area contributed by atoms with Crippen molar-refractivity contribution in [1.82, 2.24) is 10.2 Å². The van der Waals surface area contributed by atoms with E-state index in [2.05, 4.69) is 5.32 Å². The molecule has 0 atom stereocenters. The zero-order chi connectivity index (χ0) is 9.68. The molecule has 4 nitrogen and oxygen atoms in total. The summed E-state index contributed by atoms with van der Waals surface area (Å²) in [6.07, 6.45) is 3.64. The first-order valence-electron chi connectivity index (χ1n) is 4.42. The maximum Gasteiger partial charge on any atom is 0.246 e. The van der Waals surface area contributed by atoms with Crippen molar-refractivity contribution in [3.05, 3.63) is 12.2 Å². The van der Waals surface area contributed by atoms with E-state index in [9.17, 15) is 9.59 Å². The monoisotopic (exact) mass is 182 g/mol. The molecule has 0 bridgehead atoms. The van der Waals surface area contributed by atoms with Gasteiger partial charge in [-0.15, -0.1) is 0 Å². The second-order valence-electron chi connectivity index (χ2n) is 2.93. The number of carbonyl (C=O) groups is 2. The SMILES string of the molecule is CC=CC(=O)N1CCNC(=O)CC1. The van der Waals surface area contributed by atoms with Crippen LogP contribution < -0.4 is 5.32 Å². The summed E-state index contributed by atoms with van der Waals surface area (Å²) in [5, 5.41) is 2.71. The van der Waals surface area contributed by atoms with Crippen molar-refractivity contribution >= 4 is 11.8 Å². The van der Waals surface area contributed by atoms with Crippen LogP contribution in [0.25, 0.3) is 0 Å². The molecular weight excluding hydrogens is 168 g/mol. The predicted molar refractivity (Wildman–Crippen MR) is 49.0 cm³/mol. The van der Waals surface area contributed by atoms with Crippen LogP contribution in [0.3, 0.4) is 0 Å². The fraction of sp³-hybridized carbons (Fsp3) is 0.556. The minimum Gasteiger partial charge on any atom is -0.354 e. The van der Waals surface area contributed by atoms with Gasteiger partial charge in [-0.2, -0.15) is 0 Å². The number of hydrogen-bond acceptors (Lipinski definition) is 2. The van der Waals surface area contributed by atoms with E-state index in [1.165, 1.54) is 6.08 Å². The third kappa shape index (κ3) is 2.89. The molecule has 1 fully saturated rings. The fourth-order valence-corrected chi connectivity index (χ4v) is 1.24. The Bertz CT molecular complexity index is 236. The molecule has 1 heterocycles. The van der Waals surface area contributed by atoms with Crippen molar-refractivity contribution < 1.29 is 9.59 Å². The Kier molecular flexibility index (Phi) is 3.49. The lowest BCUT2D eigenvalue weighted by Gasteiger charge is -2.16. The van der Waals surface area contributed by atoms with Crippen LogP contribution in [0.5, 0.6) is 0 Å². The van der Waals surface area contributed by atoms with Crippen LogP contribution in [0.15, 0.2) is 12.2 Å². The molecule has 1 aliphatic rings. The van der Waals surface area contributed by atoms with Gasteiger partial charge >= 0.3 is 0 Å².